The van der Waals surface area contributed by atoms with Gasteiger partial charge in [-0.15, -0.1) is 4.91 Å². The van der Waals surface area contributed by atoms with Crippen LogP contribution in [-0.4, -0.2) is 17.1 Å². The molecule has 0 unspecified atom stereocenters. The molecule has 0 radical (unpaired) electrons. The van der Waals surface area contributed by atoms with Crippen molar-refractivity contribution in [3.8, 4) is 0 Å². The van der Waals surface area contributed by atoms with Gasteiger partial charge in [0.25, 0.3) is 0 Å². The van der Waals surface area contributed by atoms with Gasteiger partial charge in [-0.05, 0) is 50.9 Å². The lowest BCUT2D eigenvalue weighted by Gasteiger charge is -2.45. The van der Waals surface area contributed by atoms with E-state index in [-0.39, 0.29) is 0 Å². The van der Waals surface area contributed by atoms with Crippen molar-refractivity contribution in [1.29, 1.82) is 0 Å². The van der Waals surface area contributed by atoms with Crippen molar-refractivity contribution in [3.63, 3.8) is 0 Å². The van der Waals surface area contributed by atoms with E-state index < -0.39 is 0 Å². The summed E-state index contributed by atoms with van der Waals surface area (Å²) in [6.45, 7) is 4.45. The summed E-state index contributed by atoms with van der Waals surface area (Å²) in [5.74, 6) is 1.57. The lowest BCUT2D eigenvalue weighted by atomic mass is 9.73. The Bertz CT molecular complexity index is 219. The van der Waals surface area contributed by atoms with Gasteiger partial charge >= 0.3 is 0 Å². The molecule has 0 aromatic heterocycles. The zero-order chi connectivity index (χ0) is 10.1. The molecule has 1 saturated carbocycles. The minimum absolute atomic E-state index is 0.363. The van der Waals surface area contributed by atoms with Crippen LogP contribution in [0.4, 0.5) is 0 Å². The molecule has 14 heavy (non-hydrogen) atoms. The molecule has 0 aromatic carbocycles. The van der Waals surface area contributed by atoms with Crippen LogP contribution in [0.25, 0.3) is 0 Å². The van der Waals surface area contributed by atoms with Gasteiger partial charge in [-0.25, -0.2) is 0 Å². The minimum Gasteiger partial charge on any atom is -0.255 e. The van der Waals surface area contributed by atoms with E-state index in [1.165, 1.54) is 25.7 Å². The molecule has 0 N–H and O–H groups in total. The zero-order valence-electron chi connectivity index (χ0n) is 9.15. The summed E-state index contributed by atoms with van der Waals surface area (Å²) >= 11 is 0. The smallest absolute Gasteiger partial charge is 0.0534 e. The third-order valence-corrected chi connectivity index (χ3v) is 4.05. The fourth-order valence-corrected chi connectivity index (χ4v) is 3.20. The summed E-state index contributed by atoms with van der Waals surface area (Å²) < 4.78 is 0. The molecule has 2 rings (SSSR count). The molecule has 2 aliphatic rings. The molecule has 0 bridgehead atoms. The van der Waals surface area contributed by atoms with E-state index in [0.717, 1.165) is 18.3 Å². The quantitative estimate of drug-likeness (QED) is 0.604. The third-order valence-electron chi connectivity index (χ3n) is 4.05. The molecule has 3 heteroatoms. The molecule has 1 heterocycles. The lowest BCUT2D eigenvalue weighted by Crippen LogP contribution is -2.48. The predicted octanol–water partition coefficient (Wildman–Crippen LogP) is 2.96. The molecule has 0 amide bonds. The summed E-state index contributed by atoms with van der Waals surface area (Å²) in [4.78, 5) is 10.8. The Morgan fingerprint density at radius 1 is 1.14 bits per heavy atom. The molecule has 3 nitrogen and oxygen atoms in total. The second-order valence-electron chi connectivity index (χ2n) is 5.13. The van der Waals surface area contributed by atoms with Crippen molar-refractivity contribution in [2.75, 3.05) is 0 Å². The van der Waals surface area contributed by atoms with Crippen LogP contribution in [0.1, 0.15) is 46.0 Å². The number of rotatable bonds is 1. The van der Waals surface area contributed by atoms with Crippen molar-refractivity contribution in [3.05, 3.63) is 4.91 Å². The molecule has 4 atom stereocenters. The van der Waals surface area contributed by atoms with E-state index in [2.05, 4.69) is 19.1 Å². The third kappa shape index (κ3) is 1.64. The molecule has 1 aliphatic carbocycles. The number of piperidine rings is 1. The lowest BCUT2D eigenvalue weighted by molar-refractivity contribution is 0.0103. The SMILES string of the molecule is C[C@H]1CC[C@@H]2[C@@H](CC[C@H](C)N2N=O)C1. The fraction of sp³-hybridized carbons (Fsp3) is 1.00. The molecule has 0 spiro atoms. The van der Waals surface area contributed by atoms with Crippen molar-refractivity contribution >= 4 is 0 Å². The van der Waals surface area contributed by atoms with Crippen LogP contribution in [0.3, 0.4) is 0 Å². The van der Waals surface area contributed by atoms with Gasteiger partial charge in [-0.3, -0.25) is 5.01 Å². The monoisotopic (exact) mass is 196 g/mol. The van der Waals surface area contributed by atoms with Crippen molar-refractivity contribution < 1.29 is 0 Å². The first-order valence-electron chi connectivity index (χ1n) is 5.84. The maximum atomic E-state index is 10.8. The van der Waals surface area contributed by atoms with E-state index in [4.69, 9.17) is 0 Å². The number of nitrogens with zero attached hydrogens (tertiary/aromatic N) is 2. The van der Waals surface area contributed by atoms with Crippen LogP contribution in [-0.2, 0) is 0 Å². The van der Waals surface area contributed by atoms with Gasteiger partial charge in [0, 0.05) is 6.04 Å². The van der Waals surface area contributed by atoms with Crippen molar-refractivity contribution in [2.45, 2.75) is 58.0 Å². The highest BCUT2D eigenvalue weighted by atomic mass is 16.3. The minimum atomic E-state index is 0.363. The average Bonchev–Trinajstić information content (AvgIpc) is 2.18. The van der Waals surface area contributed by atoms with E-state index in [1.807, 2.05) is 5.01 Å². The van der Waals surface area contributed by atoms with E-state index in [9.17, 15) is 4.91 Å². The van der Waals surface area contributed by atoms with Crippen LogP contribution >= 0.6 is 0 Å². The second-order valence-corrected chi connectivity index (χ2v) is 5.13. The number of nitroso groups, excluding NO2 is 1. The van der Waals surface area contributed by atoms with Gasteiger partial charge in [0.05, 0.1) is 11.3 Å². The first-order chi connectivity index (χ1) is 6.72. The Morgan fingerprint density at radius 2 is 1.93 bits per heavy atom. The number of fused-ring (bicyclic) bond motifs is 1. The largest absolute Gasteiger partial charge is 0.255 e. The Kier molecular flexibility index (Phi) is 2.75. The fourth-order valence-electron chi connectivity index (χ4n) is 3.20. The highest BCUT2D eigenvalue weighted by molar-refractivity contribution is 4.90. The standard InChI is InChI=1S/C11H20N2O/c1-8-3-6-11-10(7-8)5-4-9(2)13(11)12-14/h8-11H,3-7H2,1-2H3/t8-,9-,10-,11+/m0/s1. The molecule has 2 fully saturated rings. The first-order valence-corrected chi connectivity index (χ1v) is 5.84. The molecule has 1 saturated heterocycles. The first kappa shape index (κ1) is 9.94. The molecular formula is C11H20N2O. The summed E-state index contributed by atoms with van der Waals surface area (Å²) in [5.41, 5.74) is 0. The molecule has 1 aliphatic heterocycles. The van der Waals surface area contributed by atoms with E-state index in [1.54, 1.807) is 0 Å². The topological polar surface area (TPSA) is 32.7 Å². The molecule has 80 valence electrons. The summed E-state index contributed by atoms with van der Waals surface area (Å²) in [7, 11) is 0. The van der Waals surface area contributed by atoms with Gasteiger partial charge in [0.15, 0.2) is 0 Å². The molecule has 0 aromatic rings. The normalized spacial score (nSPS) is 43.1. The van der Waals surface area contributed by atoms with Gasteiger partial charge in [0.2, 0.25) is 0 Å². The predicted molar refractivity (Wildman–Crippen MR) is 56.6 cm³/mol. The summed E-state index contributed by atoms with van der Waals surface area (Å²) in [6.07, 6.45) is 6.16. The van der Waals surface area contributed by atoms with Gasteiger partial charge in [-0.1, -0.05) is 6.92 Å². The number of hydrogen-bond donors (Lipinski definition) is 0. The second kappa shape index (κ2) is 3.87. The van der Waals surface area contributed by atoms with E-state index in [0.29, 0.717) is 12.1 Å². The molecular weight excluding hydrogens is 176 g/mol. The Balaban J connectivity index is 2.08. The van der Waals surface area contributed by atoms with E-state index >= 15 is 0 Å². The summed E-state index contributed by atoms with van der Waals surface area (Å²) in [6, 6.07) is 0.814. The van der Waals surface area contributed by atoms with Crippen molar-refractivity contribution in [2.24, 2.45) is 17.1 Å². The Hall–Kier alpha value is -0.600. The average molecular weight is 196 g/mol. The van der Waals surface area contributed by atoms with Crippen LogP contribution in [0.15, 0.2) is 5.29 Å². The Labute approximate surface area is 85.8 Å². The van der Waals surface area contributed by atoms with Crippen molar-refractivity contribution in [1.82, 2.24) is 5.01 Å². The number of hydrogen-bond acceptors (Lipinski definition) is 2. The van der Waals surface area contributed by atoms with Crippen LogP contribution < -0.4 is 0 Å². The van der Waals surface area contributed by atoms with Gasteiger partial charge in [-0.2, -0.15) is 0 Å². The summed E-state index contributed by atoms with van der Waals surface area (Å²) in [5, 5.41) is 5.05. The van der Waals surface area contributed by atoms with Crippen LogP contribution in [0, 0.1) is 16.7 Å². The highest BCUT2D eigenvalue weighted by Gasteiger charge is 2.38. The zero-order valence-corrected chi connectivity index (χ0v) is 9.15. The Morgan fingerprint density at radius 3 is 2.64 bits per heavy atom. The van der Waals surface area contributed by atoms with Crippen LogP contribution in [0.5, 0.6) is 0 Å². The highest BCUT2D eigenvalue weighted by Crippen LogP contribution is 2.39. The van der Waals surface area contributed by atoms with Gasteiger partial charge < -0.3 is 0 Å². The van der Waals surface area contributed by atoms with Gasteiger partial charge in [0.1, 0.15) is 0 Å². The maximum absolute atomic E-state index is 10.8. The van der Waals surface area contributed by atoms with Crippen LogP contribution in [0.2, 0.25) is 0 Å². The maximum Gasteiger partial charge on any atom is 0.0534 e.